The van der Waals surface area contributed by atoms with E-state index in [1.807, 2.05) is 0 Å². The third-order valence-electron chi connectivity index (χ3n) is 1.50. The topological polar surface area (TPSA) is 72.3 Å². The van der Waals surface area contributed by atoms with Gasteiger partial charge < -0.3 is 9.84 Å². The van der Waals surface area contributed by atoms with Crippen molar-refractivity contribution in [1.29, 1.82) is 0 Å². The summed E-state index contributed by atoms with van der Waals surface area (Å²) in [6.07, 6.45) is 1.06. The molecule has 1 aromatic heterocycles. The van der Waals surface area contributed by atoms with Crippen molar-refractivity contribution < 1.29 is 14.6 Å². The molecule has 0 amide bonds. The van der Waals surface area contributed by atoms with Gasteiger partial charge in [-0.2, -0.15) is 0 Å². The minimum Gasteiger partial charge on any atom is -0.502 e. The molecule has 0 radical (unpaired) electrons. The molecule has 0 spiro atoms. The fourth-order valence-electron chi connectivity index (χ4n) is 0.848. The third kappa shape index (κ3) is 3.36. The zero-order valence-electron chi connectivity index (χ0n) is 8.28. The van der Waals surface area contributed by atoms with Crippen LogP contribution >= 0.6 is 23.2 Å². The fraction of sp³-hybridized carbons (Fsp3) is 0.222. The Labute approximate surface area is 102 Å². The van der Waals surface area contributed by atoms with Crippen molar-refractivity contribution in [3.63, 3.8) is 0 Å². The van der Waals surface area contributed by atoms with Gasteiger partial charge >= 0.3 is 5.97 Å². The Hall–Kier alpha value is -1.33. The maximum Gasteiger partial charge on any atom is 0.373 e. The number of carbonyl (C=O) groups excluding carboxylic acids is 1. The lowest BCUT2D eigenvalue weighted by Gasteiger charge is -2.00. The van der Waals surface area contributed by atoms with E-state index in [1.54, 1.807) is 6.92 Å². The van der Waals surface area contributed by atoms with E-state index in [0.29, 0.717) is 0 Å². The molecule has 0 aromatic carbocycles. The quantitative estimate of drug-likeness (QED) is 0.514. The third-order valence-corrected chi connectivity index (χ3v) is 1.99. The molecule has 0 atom stereocenters. The Morgan fingerprint density at radius 1 is 1.56 bits per heavy atom. The Bertz CT molecular complexity index is 435. The summed E-state index contributed by atoms with van der Waals surface area (Å²) in [6.45, 7) is 1.79. The summed E-state index contributed by atoms with van der Waals surface area (Å²) < 4.78 is 4.56. The number of carbonyl (C=O) groups is 1. The first-order chi connectivity index (χ1) is 7.54. The van der Waals surface area contributed by atoms with Crippen LogP contribution in [0.15, 0.2) is 11.8 Å². The number of aliphatic hydroxyl groups excluding tert-OH is 1. The molecule has 0 bridgehead atoms. The maximum absolute atomic E-state index is 11.1. The molecule has 1 N–H and O–H groups in total. The summed E-state index contributed by atoms with van der Waals surface area (Å²) >= 11 is 11.3. The molecule has 16 heavy (non-hydrogen) atoms. The van der Waals surface area contributed by atoms with E-state index in [1.165, 1.54) is 6.07 Å². The summed E-state index contributed by atoms with van der Waals surface area (Å²) in [6, 6.07) is 1.35. The zero-order valence-corrected chi connectivity index (χ0v) is 9.79. The lowest BCUT2D eigenvalue weighted by molar-refractivity contribution is -0.141. The van der Waals surface area contributed by atoms with Gasteiger partial charge in [-0.15, -0.1) is 10.2 Å². The van der Waals surface area contributed by atoms with Crippen molar-refractivity contribution in [2.75, 3.05) is 6.61 Å². The minimum atomic E-state index is -0.852. The molecule has 0 aliphatic rings. The molecule has 86 valence electrons. The number of aromatic nitrogens is 2. The standard InChI is InChI=1S/C9H8Cl2N2O3/c1-2-16-9(15)7(14)4-6-5(10)3-8(11)13-12-6/h3-4,14H,2H2,1H3/b7-4+. The molecule has 0 saturated carbocycles. The predicted molar refractivity (Wildman–Crippen MR) is 59.3 cm³/mol. The van der Waals surface area contributed by atoms with E-state index < -0.39 is 11.7 Å². The first kappa shape index (κ1) is 12.7. The zero-order chi connectivity index (χ0) is 12.1. The fourth-order valence-corrected chi connectivity index (χ4v) is 1.25. The molecule has 1 heterocycles. The summed E-state index contributed by atoms with van der Waals surface area (Å²) in [5, 5.41) is 16.7. The maximum atomic E-state index is 11.1. The van der Waals surface area contributed by atoms with Gasteiger partial charge in [0.05, 0.1) is 11.6 Å². The molecule has 0 aliphatic carbocycles. The van der Waals surface area contributed by atoms with Gasteiger partial charge in [-0.3, -0.25) is 0 Å². The second kappa shape index (κ2) is 5.67. The molecule has 1 aromatic rings. The van der Waals surface area contributed by atoms with Crippen molar-refractivity contribution in [2.24, 2.45) is 0 Å². The van der Waals surface area contributed by atoms with Crippen LogP contribution in [0.1, 0.15) is 12.6 Å². The number of rotatable bonds is 3. The van der Waals surface area contributed by atoms with Crippen LogP contribution in [-0.2, 0) is 9.53 Å². The van der Waals surface area contributed by atoms with E-state index in [-0.39, 0.29) is 22.5 Å². The van der Waals surface area contributed by atoms with Gasteiger partial charge in [-0.25, -0.2) is 4.79 Å². The summed E-state index contributed by atoms with van der Waals surface area (Å²) in [5.74, 6) is -1.45. The van der Waals surface area contributed by atoms with Crippen LogP contribution in [0.25, 0.3) is 6.08 Å². The van der Waals surface area contributed by atoms with E-state index in [9.17, 15) is 9.90 Å². The molecule has 7 heteroatoms. The lowest BCUT2D eigenvalue weighted by Crippen LogP contribution is -2.07. The van der Waals surface area contributed by atoms with Gasteiger partial charge in [-0.05, 0) is 13.0 Å². The number of esters is 1. The van der Waals surface area contributed by atoms with Gasteiger partial charge in [0.25, 0.3) is 0 Å². The Kier molecular flexibility index (Phi) is 4.52. The molecular weight excluding hydrogens is 255 g/mol. The van der Waals surface area contributed by atoms with Gasteiger partial charge in [0, 0.05) is 6.08 Å². The highest BCUT2D eigenvalue weighted by atomic mass is 35.5. The highest BCUT2D eigenvalue weighted by Crippen LogP contribution is 2.18. The monoisotopic (exact) mass is 262 g/mol. The van der Waals surface area contributed by atoms with Crippen molar-refractivity contribution in [3.8, 4) is 0 Å². The SMILES string of the molecule is CCOC(=O)/C(O)=C\c1nnc(Cl)cc1Cl. The average Bonchev–Trinajstić information content (AvgIpc) is 2.22. The van der Waals surface area contributed by atoms with Crippen molar-refractivity contribution >= 4 is 35.2 Å². The van der Waals surface area contributed by atoms with E-state index in [0.717, 1.165) is 6.08 Å². The first-order valence-corrected chi connectivity index (χ1v) is 5.06. The molecule has 5 nitrogen and oxygen atoms in total. The van der Waals surface area contributed by atoms with Crippen molar-refractivity contribution in [1.82, 2.24) is 10.2 Å². The van der Waals surface area contributed by atoms with Gasteiger partial charge in [0.15, 0.2) is 5.15 Å². The predicted octanol–water partition coefficient (Wildman–Crippen LogP) is 2.25. The number of halogens is 2. The minimum absolute atomic E-state index is 0.123. The number of ether oxygens (including phenoxy) is 1. The van der Waals surface area contributed by atoms with E-state index in [2.05, 4.69) is 14.9 Å². The largest absolute Gasteiger partial charge is 0.502 e. The summed E-state index contributed by atoms with van der Waals surface area (Å²) in [5.41, 5.74) is 0.136. The second-order valence-electron chi connectivity index (χ2n) is 2.65. The first-order valence-electron chi connectivity index (χ1n) is 4.31. The smallest absolute Gasteiger partial charge is 0.373 e. The Morgan fingerprint density at radius 3 is 2.81 bits per heavy atom. The molecule has 0 unspecified atom stereocenters. The highest BCUT2D eigenvalue weighted by molar-refractivity contribution is 6.34. The number of aliphatic hydroxyl groups is 1. The molecule has 0 saturated heterocycles. The summed E-state index contributed by atoms with van der Waals surface area (Å²) in [4.78, 5) is 11.1. The van der Waals surface area contributed by atoms with Gasteiger partial charge in [-0.1, -0.05) is 23.2 Å². The normalized spacial score (nSPS) is 11.3. The van der Waals surface area contributed by atoms with Crippen LogP contribution < -0.4 is 0 Å². The Morgan fingerprint density at radius 2 is 2.25 bits per heavy atom. The number of hydrogen-bond acceptors (Lipinski definition) is 5. The van der Waals surface area contributed by atoms with Crippen LogP contribution in [0.2, 0.25) is 10.2 Å². The molecule has 0 aliphatic heterocycles. The van der Waals surface area contributed by atoms with E-state index in [4.69, 9.17) is 23.2 Å². The van der Waals surface area contributed by atoms with Gasteiger partial charge in [0.2, 0.25) is 5.76 Å². The molecule has 0 fully saturated rings. The van der Waals surface area contributed by atoms with Crippen molar-refractivity contribution in [3.05, 3.63) is 27.7 Å². The van der Waals surface area contributed by atoms with Crippen molar-refractivity contribution in [2.45, 2.75) is 6.92 Å². The molecule has 1 rings (SSSR count). The van der Waals surface area contributed by atoms with Crippen LogP contribution in [0.4, 0.5) is 0 Å². The van der Waals surface area contributed by atoms with Crippen LogP contribution in [0.5, 0.6) is 0 Å². The number of nitrogens with zero attached hydrogens (tertiary/aromatic N) is 2. The Balaban J connectivity index is 2.94. The summed E-state index contributed by atoms with van der Waals surface area (Å²) in [7, 11) is 0. The van der Waals surface area contributed by atoms with Crippen LogP contribution in [-0.4, -0.2) is 27.9 Å². The van der Waals surface area contributed by atoms with E-state index >= 15 is 0 Å². The average molecular weight is 263 g/mol. The second-order valence-corrected chi connectivity index (χ2v) is 3.44. The lowest BCUT2D eigenvalue weighted by atomic mass is 10.3. The van der Waals surface area contributed by atoms with Gasteiger partial charge in [0.1, 0.15) is 5.69 Å². The van der Waals surface area contributed by atoms with Crippen LogP contribution in [0.3, 0.4) is 0 Å². The highest BCUT2D eigenvalue weighted by Gasteiger charge is 2.10. The van der Waals surface area contributed by atoms with Crippen LogP contribution in [0, 0.1) is 0 Å². The molecular formula is C9H8Cl2N2O3. The number of hydrogen-bond donors (Lipinski definition) is 1.